The van der Waals surface area contributed by atoms with Crippen molar-refractivity contribution in [3.8, 4) is 0 Å². The number of amides is 1. The predicted molar refractivity (Wildman–Crippen MR) is 214 cm³/mol. The number of nitrogens with one attached hydrogen (secondary N) is 1. The smallest absolute Gasteiger partial charge is 0.306 e. The Hall–Kier alpha value is -2.16. The van der Waals surface area contributed by atoms with Crippen LogP contribution >= 0.6 is 0 Å². The maximum absolute atomic E-state index is 12.7. The summed E-state index contributed by atoms with van der Waals surface area (Å²) < 4.78 is 11.1. The Morgan fingerprint density at radius 1 is 0.509 bits per heavy atom. The van der Waals surface area contributed by atoms with Crippen molar-refractivity contribution >= 4 is 23.8 Å². The van der Waals surface area contributed by atoms with Crippen molar-refractivity contribution in [3.05, 3.63) is 0 Å². The lowest BCUT2D eigenvalue weighted by Crippen LogP contribution is -2.68. The van der Waals surface area contributed by atoms with Crippen LogP contribution in [0.1, 0.15) is 232 Å². The predicted octanol–water partition coefficient (Wildman–Crippen LogP) is 9.22. The van der Waals surface area contributed by atoms with Gasteiger partial charge in [-0.1, -0.05) is 194 Å². The second-order valence-electron chi connectivity index (χ2n) is 15.5. The van der Waals surface area contributed by atoms with Gasteiger partial charge in [-0.3, -0.25) is 14.4 Å². The van der Waals surface area contributed by atoms with Gasteiger partial charge in [0.05, 0.1) is 6.54 Å². The van der Waals surface area contributed by atoms with Crippen LogP contribution < -0.4 is 16.2 Å². The van der Waals surface area contributed by atoms with Crippen LogP contribution in [0, 0.1) is 0 Å². The second kappa shape index (κ2) is 39.5. The zero-order valence-corrected chi connectivity index (χ0v) is 34.7. The van der Waals surface area contributed by atoms with Crippen LogP contribution in [0.4, 0.5) is 0 Å². The maximum atomic E-state index is 12.7. The normalized spacial score (nSPS) is 12.4. The molecule has 4 N–H and O–H groups in total. The lowest BCUT2D eigenvalue weighted by Gasteiger charge is -2.19. The molecule has 53 heavy (non-hydrogen) atoms. The number of carboxylic acid groups (broad SMARTS) is 1. The zero-order chi connectivity index (χ0) is 39.0. The van der Waals surface area contributed by atoms with Crippen LogP contribution in [-0.4, -0.2) is 49.1 Å². The van der Waals surface area contributed by atoms with E-state index >= 15 is 0 Å². The lowest BCUT2D eigenvalue weighted by molar-refractivity contribution is -0.406. The van der Waals surface area contributed by atoms with E-state index in [-0.39, 0.29) is 44.4 Å². The summed E-state index contributed by atoms with van der Waals surface area (Å²) in [6, 6.07) is -0.780. The summed E-state index contributed by atoms with van der Waals surface area (Å²) in [7, 11) is 0. The number of carbonyl (C=O) groups is 4. The minimum Gasteiger partial charge on any atom is -0.550 e. The number of quaternary nitrogens is 1. The van der Waals surface area contributed by atoms with Gasteiger partial charge in [-0.25, -0.2) is 0 Å². The van der Waals surface area contributed by atoms with Gasteiger partial charge in [0.15, 0.2) is 12.1 Å². The number of carbonyl (C=O) groups excluding carboxylic acids is 4. The molecule has 312 valence electrons. The molecule has 9 nitrogen and oxygen atoms in total. The van der Waals surface area contributed by atoms with Crippen LogP contribution in [0.2, 0.25) is 0 Å². The monoisotopic (exact) mass is 753 g/mol. The van der Waals surface area contributed by atoms with E-state index in [1.165, 1.54) is 154 Å². The summed E-state index contributed by atoms with van der Waals surface area (Å²) in [4.78, 5) is 48.3. The summed E-state index contributed by atoms with van der Waals surface area (Å²) in [6.45, 7) is 4.35. The fourth-order valence-electron chi connectivity index (χ4n) is 6.70. The Morgan fingerprint density at radius 3 is 1.21 bits per heavy atom. The highest BCUT2D eigenvalue weighted by Gasteiger charge is 2.22. The van der Waals surface area contributed by atoms with E-state index in [9.17, 15) is 24.3 Å². The third kappa shape index (κ3) is 37.9. The molecule has 0 bridgehead atoms. The average Bonchev–Trinajstić information content (AvgIpc) is 3.14. The van der Waals surface area contributed by atoms with Gasteiger partial charge in [0.2, 0.25) is 0 Å². The van der Waals surface area contributed by atoms with Gasteiger partial charge < -0.3 is 30.4 Å². The number of hydrogen-bond acceptors (Lipinski definition) is 7. The summed E-state index contributed by atoms with van der Waals surface area (Å²) in [5.41, 5.74) is 3.72. The van der Waals surface area contributed by atoms with Crippen molar-refractivity contribution in [2.45, 2.75) is 244 Å². The van der Waals surface area contributed by atoms with Crippen molar-refractivity contribution in [2.75, 3.05) is 13.2 Å². The summed E-state index contributed by atoms with van der Waals surface area (Å²) in [5.74, 6) is -2.39. The Bertz CT molecular complexity index is 869. The summed E-state index contributed by atoms with van der Waals surface area (Å²) in [6.07, 6.45) is 37.1. The number of esters is 2. The first-order chi connectivity index (χ1) is 25.8. The number of unbranched alkanes of at least 4 members (excludes halogenated alkanes) is 28. The number of hydrogen-bond donors (Lipinski definition) is 2. The third-order valence-electron chi connectivity index (χ3n) is 10.3. The first-order valence-electron chi connectivity index (χ1n) is 22.5. The minimum absolute atomic E-state index is 0.0347. The fraction of sp³-hybridized carbons (Fsp3) is 0.909. The molecule has 0 spiro atoms. The lowest BCUT2D eigenvalue weighted by atomic mass is 10.0. The van der Waals surface area contributed by atoms with E-state index in [1.54, 1.807) is 0 Å². The van der Waals surface area contributed by atoms with Crippen molar-refractivity contribution in [2.24, 2.45) is 0 Å². The molecule has 0 aliphatic heterocycles. The average molecular weight is 753 g/mol. The summed E-state index contributed by atoms with van der Waals surface area (Å²) in [5, 5.41) is 13.4. The molecule has 2 unspecified atom stereocenters. The van der Waals surface area contributed by atoms with Crippen LogP contribution in [0.3, 0.4) is 0 Å². The van der Waals surface area contributed by atoms with Gasteiger partial charge in [0.25, 0.3) is 5.91 Å². The van der Waals surface area contributed by atoms with E-state index in [2.05, 4.69) is 24.9 Å². The topological polar surface area (TPSA) is 149 Å². The second-order valence-corrected chi connectivity index (χ2v) is 15.5. The third-order valence-corrected chi connectivity index (χ3v) is 10.3. The SMILES string of the molecule is CCCCCCCCCCCCCCCCCC(=O)OCC(CNC(=O)C([NH3+])CCC(=O)[O-])OC(=O)CCCCCCCCCCCCCCCCC. The largest absolute Gasteiger partial charge is 0.550 e. The molecule has 0 radical (unpaired) electrons. The molecule has 0 rings (SSSR count). The molecule has 0 fully saturated rings. The van der Waals surface area contributed by atoms with E-state index < -0.39 is 24.0 Å². The van der Waals surface area contributed by atoms with Crippen LogP contribution in [0.25, 0.3) is 0 Å². The highest BCUT2D eigenvalue weighted by molar-refractivity contribution is 5.80. The van der Waals surface area contributed by atoms with E-state index in [1.807, 2.05) is 0 Å². The van der Waals surface area contributed by atoms with Crippen LogP contribution in [-0.2, 0) is 28.7 Å². The Morgan fingerprint density at radius 2 is 0.849 bits per heavy atom. The zero-order valence-electron chi connectivity index (χ0n) is 34.7. The van der Waals surface area contributed by atoms with Crippen molar-refractivity contribution in [3.63, 3.8) is 0 Å². The maximum Gasteiger partial charge on any atom is 0.306 e. The Kier molecular flexibility index (Phi) is 37.9. The quantitative estimate of drug-likeness (QED) is 0.0467. The van der Waals surface area contributed by atoms with Gasteiger partial charge in [-0.2, -0.15) is 0 Å². The molecule has 0 aliphatic carbocycles. The molecule has 0 aromatic rings. The number of carboxylic acids is 1. The molecular formula is C44H84N2O7. The van der Waals surface area contributed by atoms with Gasteiger partial charge >= 0.3 is 11.9 Å². The van der Waals surface area contributed by atoms with Crippen molar-refractivity contribution in [1.82, 2.24) is 5.32 Å². The molecule has 0 aromatic carbocycles. The molecule has 0 aliphatic rings. The van der Waals surface area contributed by atoms with Gasteiger partial charge in [0.1, 0.15) is 6.61 Å². The molecule has 0 aromatic heterocycles. The summed E-state index contributed by atoms with van der Waals surface area (Å²) >= 11 is 0. The van der Waals surface area contributed by atoms with E-state index in [0.29, 0.717) is 6.42 Å². The van der Waals surface area contributed by atoms with E-state index in [4.69, 9.17) is 9.47 Å². The van der Waals surface area contributed by atoms with Gasteiger partial charge in [-0.15, -0.1) is 0 Å². The Labute approximate surface area is 325 Å². The fourth-order valence-corrected chi connectivity index (χ4v) is 6.70. The Balaban J connectivity index is 4.22. The van der Waals surface area contributed by atoms with Gasteiger partial charge in [-0.05, 0) is 19.3 Å². The highest BCUT2D eigenvalue weighted by Crippen LogP contribution is 2.16. The van der Waals surface area contributed by atoms with Crippen molar-refractivity contribution in [1.29, 1.82) is 0 Å². The molecule has 9 heteroatoms. The van der Waals surface area contributed by atoms with Crippen LogP contribution in [0.15, 0.2) is 0 Å². The standard InChI is InChI=1S/C44H84N2O7/c1-3-5-7-9-11-13-15-17-19-21-23-25-27-29-31-33-42(49)52-38-39(37-46-44(51)40(45)35-36-41(47)48)53-43(50)34-32-30-28-26-24-22-20-18-16-14-12-10-8-6-4-2/h39-40H,3-38,45H2,1-2H3,(H,46,51)(H,47,48). The highest BCUT2D eigenvalue weighted by atomic mass is 16.6. The van der Waals surface area contributed by atoms with Gasteiger partial charge in [0, 0.05) is 25.2 Å². The molecule has 0 saturated heterocycles. The van der Waals surface area contributed by atoms with E-state index in [0.717, 1.165) is 38.5 Å². The van der Waals surface area contributed by atoms with Crippen molar-refractivity contribution < 1.29 is 39.5 Å². The number of aliphatic carboxylic acids is 1. The molecule has 2 atom stereocenters. The molecule has 1 amide bonds. The molecule has 0 heterocycles. The minimum atomic E-state index is -1.24. The number of rotatable bonds is 41. The molecular weight excluding hydrogens is 668 g/mol. The molecule has 0 saturated carbocycles. The number of ether oxygens (including phenoxy) is 2. The first-order valence-corrected chi connectivity index (χ1v) is 22.5. The first kappa shape index (κ1) is 50.8. The van der Waals surface area contributed by atoms with Crippen LogP contribution in [0.5, 0.6) is 0 Å².